The summed E-state index contributed by atoms with van der Waals surface area (Å²) >= 11 is 0. The maximum Gasteiger partial charge on any atom is 0.119 e. The van der Waals surface area contributed by atoms with Gasteiger partial charge in [0.25, 0.3) is 0 Å². The summed E-state index contributed by atoms with van der Waals surface area (Å²) in [5.41, 5.74) is 8.20. The van der Waals surface area contributed by atoms with E-state index < -0.39 is 0 Å². The van der Waals surface area contributed by atoms with Crippen LogP contribution >= 0.6 is 0 Å². The number of hydrogen-bond donors (Lipinski definition) is 1. The first-order chi connectivity index (χ1) is 9.84. The maximum absolute atomic E-state index is 6.24. The van der Waals surface area contributed by atoms with Crippen LogP contribution in [0.5, 0.6) is 5.75 Å². The summed E-state index contributed by atoms with van der Waals surface area (Å²) in [6.07, 6.45) is 1.79. The molecule has 0 radical (unpaired) electrons. The number of aromatic nitrogens is 1. The number of para-hydroxylation sites is 2. The fraction of sp³-hybridized carbons (Fsp3) is 0.118. The highest BCUT2D eigenvalue weighted by molar-refractivity contribution is 5.81. The summed E-state index contributed by atoms with van der Waals surface area (Å²) in [4.78, 5) is 4.42. The summed E-state index contributed by atoms with van der Waals surface area (Å²) in [7, 11) is 0. The molecular formula is C17H16N2O. The minimum atomic E-state index is -0.200. The van der Waals surface area contributed by atoms with Gasteiger partial charge in [-0.15, -0.1) is 0 Å². The molecule has 0 bridgehead atoms. The van der Waals surface area contributed by atoms with E-state index in [0.29, 0.717) is 6.61 Å². The van der Waals surface area contributed by atoms with Crippen molar-refractivity contribution in [3.05, 3.63) is 72.4 Å². The molecule has 0 spiro atoms. The first-order valence-electron chi connectivity index (χ1n) is 6.61. The summed E-state index contributed by atoms with van der Waals surface area (Å²) in [6, 6.07) is 19.5. The molecule has 2 aromatic carbocycles. The van der Waals surface area contributed by atoms with E-state index in [2.05, 4.69) is 4.98 Å². The van der Waals surface area contributed by atoms with Crippen molar-refractivity contribution >= 4 is 10.9 Å². The first-order valence-corrected chi connectivity index (χ1v) is 6.61. The first kappa shape index (κ1) is 12.6. The van der Waals surface area contributed by atoms with Gasteiger partial charge >= 0.3 is 0 Å². The summed E-state index contributed by atoms with van der Waals surface area (Å²) in [5, 5.41) is 1.10. The lowest BCUT2D eigenvalue weighted by Gasteiger charge is -2.15. The Bertz CT molecular complexity index is 692. The number of rotatable bonds is 4. The molecule has 0 fully saturated rings. The van der Waals surface area contributed by atoms with E-state index in [4.69, 9.17) is 10.5 Å². The molecule has 0 amide bonds. The Balaban J connectivity index is 1.80. The van der Waals surface area contributed by atoms with Crippen LogP contribution in [0, 0.1) is 0 Å². The lowest BCUT2D eigenvalue weighted by molar-refractivity contribution is 0.291. The van der Waals surface area contributed by atoms with E-state index in [1.54, 1.807) is 6.20 Å². The molecule has 2 N–H and O–H groups in total. The van der Waals surface area contributed by atoms with E-state index in [0.717, 1.165) is 22.2 Å². The second-order valence-corrected chi connectivity index (χ2v) is 4.65. The van der Waals surface area contributed by atoms with Crippen molar-refractivity contribution in [3.8, 4) is 5.75 Å². The van der Waals surface area contributed by atoms with Crippen LogP contribution in [0.2, 0.25) is 0 Å². The van der Waals surface area contributed by atoms with Gasteiger partial charge in [-0.05, 0) is 23.8 Å². The zero-order valence-corrected chi connectivity index (χ0v) is 11.1. The van der Waals surface area contributed by atoms with Crippen LogP contribution < -0.4 is 10.5 Å². The molecule has 3 rings (SSSR count). The minimum Gasteiger partial charge on any atom is -0.492 e. The van der Waals surface area contributed by atoms with Crippen LogP contribution in [0.1, 0.15) is 11.6 Å². The number of nitrogens with zero attached hydrogens (tertiary/aromatic N) is 1. The number of nitrogens with two attached hydrogens (primary N) is 1. The standard InChI is InChI=1S/C17H16N2O/c18-16(12-20-14-8-2-1-3-9-14)15-10-4-6-13-7-5-11-19-17(13)15/h1-11,16H,12,18H2. The number of benzene rings is 2. The maximum atomic E-state index is 6.24. The molecule has 1 unspecified atom stereocenters. The van der Waals surface area contributed by atoms with Gasteiger partial charge in [0.2, 0.25) is 0 Å². The van der Waals surface area contributed by atoms with Gasteiger partial charge in [-0.25, -0.2) is 0 Å². The molecule has 20 heavy (non-hydrogen) atoms. The molecule has 0 saturated carbocycles. The molecule has 1 heterocycles. The van der Waals surface area contributed by atoms with Crippen molar-refractivity contribution in [2.75, 3.05) is 6.61 Å². The van der Waals surface area contributed by atoms with Crippen molar-refractivity contribution in [1.82, 2.24) is 4.98 Å². The Hall–Kier alpha value is -2.39. The average Bonchev–Trinajstić information content (AvgIpc) is 2.53. The van der Waals surface area contributed by atoms with Gasteiger partial charge in [-0.2, -0.15) is 0 Å². The summed E-state index contributed by atoms with van der Waals surface area (Å²) in [6.45, 7) is 0.430. The Kier molecular flexibility index (Phi) is 3.61. The molecule has 3 heteroatoms. The Labute approximate surface area is 118 Å². The third-order valence-corrected chi connectivity index (χ3v) is 3.24. The van der Waals surface area contributed by atoms with Gasteiger partial charge in [0.05, 0.1) is 11.6 Å². The molecule has 0 saturated heterocycles. The second-order valence-electron chi connectivity index (χ2n) is 4.65. The van der Waals surface area contributed by atoms with Crippen LogP contribution in [0.25, 0.3) is 10.9 Å². The smallest absolute Gasteiger partial charge is 0.119 e. The quantitative estimate of drug-likeness (QED) is 0.786. The van der Waals surface area contributed by atoms with Gasteiger partial charge < -0.3 is 10.5 Å². The second kappa shape index (κ2) is 5.72. The molecule has 0 aliphatic heterocycles. The number of fused-ring (bicyclic) bond motifs is 1. The molecule has 0 aliphatic carbocycles. The summed E-state index contributed by atoms with van der Waals surface area (Å²) < 4.78 is 5.72. The zero-order chi connectivity index (χ0) is 13.8. The zero-order valence-electron chi connectivity index (χ0n) is 11.1. The topological polar surface area (TPSA) is 48.1 Å². The van der Waals surface area contributed by atoms with E-state index in [9.17, 15) is 0 Å². The van der Waals surface area contributed by atoms with E-state index in [1.807, 2.05) is 60.7 Å². The third-order valence-electron chi connectivity index (χ3n) is 3.24. The van der Waals surface area contributed by atoms with E-state index in [-0.39, 0.29) is 6.04 Å². The van der Waals surface area contributed by atoms with Gasteiger partial charge in [-0.1, -0.05) is 42.5 Å². The molecule has 1 aromatic heterocycles. The summed E-state index contributed by atoms with van der Waals surface area (Å²) in [5.74, 6) is 0.830. The van der Waals surface area contributed by atoms with E-state index in [1.165, 1.54) is 0 Å². The van der Waals surface area contributed by atoms with E-state index >= 15 is 0 Å². The molecular weight excluding hydrogens is 248 g/mol. The predicted molar refractivity (Wildman–Crippen MR) is 80.6 cm³/mol. The van der Waals surface area contributed by atoms with Gasteiger partial charge in [-0.3, -0.25) is 4.98 Å². The highest BCUT2D eigenvalue weighted by Crippen LogP contribution is 2.21. The van der Waals surface area contributed by atoms with Crippen LogP contribution in [-0.4, -0.2) is 11.6 Å². The highest BCUT2D eigenvalue weighted by Gasteiger charge is 2.11. The van der Waals surface area contributed by atoms with Crippen LogP contribution in [-0.2, 0) is 0 Å². The normalized spacial score (nSPS) is 12.2. The molecule has 1 atom stereocenters. The molecule has 0 aliphatic rings. The molecule has 3 nitrogen and oxygen atoms in total. The lowest BCUT2D eigenvalue weighted by Crippen LogP contribution is -2.19. The van der Waals surface area contributed by atoms with Crippen molar-refractivity contribution < 1.29 is 4.74 Å². The monoisotopic (exact) mass is 264 g/mol. The van der Waals surface area contributed by atoms with Gasteiger partial charge in [0, 0.05) is 11.6 Å². The van der Waals surface area contributed by atoms with Crippen molar-refractivity contribution in [2.45, 2.75) is 6.04 Å². The Morgan fingerprint density at radius 2 is 1.75 bits per heavy atom. The fourth-order valence-corrected chi connectivity index (χ4v) is 2.22. The lowest BCUT2D eigenvalue weighted by atomic mass is 10.0. The third kappa shape index (κ3) is 2.63. The minimum absolute atomic E-state index is 0.200. The molecule has 3 aromatic rings. The van der Waals surface area contributed by atoms with Crippen LogP contribution in [0.15, 0.2) is 66.9 Å². The van der Waals surface area contributed by atoms with Crippen LogP contribution in [0.3, 0.4) is 0 Å². The van der Waals surface area contributed by atoms with Gasteiger partial charge in [0.15, 0.2) is 0 Å². The van der Waals surface area contributed by atoms with Crippen molar-refractivity contribution in [1.29, 1.82) is 0 Å². The number of pyridine rings is 1. The van der Waals surface area contributed by atoms with Gasteiger partial charge in [0.1, 0.15) is 12.4 Å². The SMILES string of the molecule is NC(COc1ccccc1)c1cccc2cccnc12. The Morgan fingerprint density at radius 1 is 0.950 bits per heavy atom. The van der Waals surface area contributed by atoms with Crippen molar-refractivity contribution in [3.63, 3.8) is 0 Å². The Morgan fingerprint density at radius 3 is 2.60 bits per heavy atom. The predicted octanol–water partition coefficient (Wildman–Crippen LogP) is 3.31. The van der Waals surface area contributed by atoms with Crippen molar-refractivity contribution in [2.24, 2.45) is 5.73 Å². The number of hydrogen-bond acceptors (Lipinski definition) is 3. The largest absolute Gasteiger partial charge is 0.492 e. The fourth-order valence-electron chi connectivity index (χ4n) is 2.22. The number of ether oxygens (including phenoxy) is 1. The average molecular weight is 264 g/mol. The van der Waals surface area contributed by atoms with Crippen LogP contribution in [0.4, 0.5) is 0 Å². The highest BCUT2D eigenvalue weighted by atomic mass is 16.5. The molecule has 100 valence electrons.